The fourth-order valence-electron chi connectivity index (χ4n) is 1.99. The van der Waals surface area contributed by atoms with Crippen LogP contribution < -0.4 is 19.6 Å². The van der Waals surface area contributed by atoms with Crippen LogP contribution in [0.2, 0.25) is 0 Å². The van der Waals surface area contributed by atoms with Crippen LogP contribution in [0.25, 0.3) is 0 Å². The SMILES string of the molecule is COc1ccc(OCC(=O)N/N=C(\C)c2cc(OC)ccc2O)cc1. The maximum Gasteiger partial charge on any atom is 0.277 e. The molecule has 25 heavy (non-hydrogen) atoms. The zero-order chi connectivity index (χ0) is 18.2. The molecule has 0 atom stereocenters. The molecule has 2 aromatic carbocycles. The summed E-state index contributed by atoms with van der Waals surface area (Å²) in [4.78, 5) is 11.8. The van der Waals surface area contributed by atoms with Crippen molar-refractivity contribution in [2.24, 2.45) is 5.10 Å². The Kier molecular flexibility index (Phi) is 6.22. The van der Waals surface area contributed by atoms with Crippen molar-refractivity contribution < 1.29 is 24.1 Å². The smallest absolute Gasteiger partial charge is 0.277 e. The molecule has 2 rings (SSSR count). The van der Waals surface area contributed by atoms with Gasteiger partial charge < -0.3 is 19.3 Å². The number of amides is 1. The number of hydrogen-bond acceptors (Lipinski definition) is 6. The van der Waals surface area contributed by atoms with E-state index in [9.17, 15) is 9.90 Å². The minimum absolute atomic E-state index is 0.0470. The summed E-state index contributed by atoms with van der Waals surface area (Å²) in [6, 6.07) is 11.6. The van der Waals surface area contributed by atoms with Crippen LogP contribution in [0.15, 0.2) is 47.6 Å². The van der Waals surface area contributed by atoms with E-state index in [0.717, 1.165) is 0 Å². The molecular weight excluding hydrogens is 324 g/mol. The average molecular weight is 344 g/mol. The van der Waals surface area contributed by atoms with E-state index < -0.39 is 5.91 Å². The molecule has 0 spiro atoms. The lowest BCUT2D eigenvalue weighted by Gasteiger charge is -2.08. The number of hydrazone groups is 1. The molecule has 2 aromatic rings. The monoisotopic (exact) mass is 344 g/mol. The van der Waals surface area contributed by atoms with Gasteiger partial charge in [-0.05, 0) is 49.4 Å². The normalized spacial score (nSPS) is 10.9. The van der Waals surface area contributed by atoms with Crippen molar-refractivity contribution in [1.29, 1.82) is 0 Å². The topological polar surface area (TPSA) is 89.4 Å². The number of ether oxygens (including phenoxy) is 3. The Bertz CT molecular complexity index is 757. The van der Waals surface area contributed by atoms with E-state index in [1.165, 1.54) is 13.2 Å². The first-order chi connectivity index (χ1) is 12.0. The summed E-state index contributed by atoms with van der Waals surface area (Å²) in [6.45, 7) is 1.48. The quantitative estimate of drug-likeness (QED) is 0.594. The van der Waals surface area contributed by atoms with Gasteiger partial charge in [0.25, 0.3) is 5.91 Å². The Morgan fingerprint density at radius 3 is 2.28 bits per heavy atom. The number of rotatable bonds is 7. The molecule has 0 unspecified atom stereocenters. The summed E-state index contributed by atoms with van der Waals surface area (Å²) in [5, 5.41) is 13.8. The van der Waals surface area contributed by atoms with Gasteiger partial charge in [0, 0.05) is 5.56 Å². The van der Waals surface area contributed by atoms with Crippen molar-refractivity contribution in [2.45, 2.75) is 6.92 Å². The number of benzene rings is 2. The van der Waals surface area contributed by atoms with Gasteiger partial charge in [-0.2, -0.15) is 5.10 Å². The standard InChI is InChI=1S/C18H20N2O5/c1-12(16-10-15(24-3)8-9-17(16)21)19-20-18(22)11-25-14-6-4-13(23-2)5-7-14/h4-10,21H,11H2,1-3H3,(H,20,22)/b19-12+. The van der Waals surface area contributed by atoms with Gasteiger partial charge in [0.2, 0.25) is 0 Å². The number of aromatic hydroxyl groups is 1. The third-order valence-electron chi connectivity index (χ3n) is 3.37. The Labute approximate surface area is 145 Å². The molecule has 0 aromatic heterocycles. The second-order valence-electron chi connectivity index (χ2n) is 5.08. The Morgan fingerprint density at radius 1 is 1.04 bits per heavy atom. The molecule has 2 N–H and O–H groups in total. The summed E-state index contributed by atoms with van der Waals surface area (Å²) >= 11 is 0. The number of nitrogens with zero attached hydrogens (tertiary/aromatic N) is 1. The van der Waals surface area contributed by atoms with Crippen LogP contribution >= 0.6 is 0 Å². The van der Waals surface area contributed by atoms with E-state index in [1.807, 2.05) is 0 Å². The van der Waals surface area contributed by atoms with E-state index in [1.54, 1.807) is 50.4 Å². The first-order valence-corrected chi connectivity index (χ1v) is 7.51. The molecule has 0 saturated carbocycles. The largest absolute Gasteiger partial charge is 0.507 e. The highest BCUT2D eigenvalue weighted by Crippen LogP contribution is 2.23. The molecule has 0 heterocycles. The predicted octanol–water partition coefficient (Wildman–Crippen LogP) is 2.33. The van der Waals surface area contributed by atoms with Crippen molar-refractivity contribution in [3.05, 3.63) is 48.0 Å². The van der Waals surface area contributed by atoms with Crippen molar-refractivity contribution in [3.63, 3.8) is 0 Å². The third kappa shape index (κ3) is 5.13. The maximum atomic E-state index is 11.8. The van der Waals surface area contributed by atoms with E-state index >= 15 is 0 Å². The van der Waals surface area contributed by atoms with Gasteiger partial charge in [0.1, 0.15) is 23.0 Å². The number of phenols is 1. The first-order valence-electron chi connectivity index (χ1n) is 7.51. The highest BCUT2D eigenvalue weighted by atomic mass is 16.5. The Hall–Kier alpha value is -3.22. The minimum atomic E-state index is -0.419. The zero-order valence-electron chi connectivity index (χ0n) is 14.3. The molecule has 0 radical (unpaired) electrons. The van der Waals surface area contributed by atoms with E-state index in [0.29, 0.717) is 28.5 Å². The van der Waals surface area contributed by atoms with Crippen molar-refractivity contribution >= 4 is 11.6 Å². The number of nitrogens with one attached hydrogen (secondary N) is 1. The van der Waals surface area contributed by atoms with Gasteiger partial charge in [-0.3, -0.25) is 4.79 Å². The van der Waals surface area contributed by atoms with Crippen LogP contribution in [-0.2, 0) is 4.79 Å². The number of hydrogen-bond donors (Lipinski definition) is 2. The average Bonchev–Trinajstić information content (AvgIpc) is 2.65. The molecule has 0 aliphatic carbocycles. The molecule has 7 heteroatoms. The maximum absolute atomic E-state index is 11.8. The second kappa shape index (κ2) is 8.58. The second-order valence-corrected chi connectivity index (χ2v) is 5.08. The van der Waals surface area contributed by atoms with Gasteiger partial charge in [-0.15, -0.1) is 0 Å². The van der Waals surface area contributed by atoms with E-state index in [4.69, 9.17) is 14.2 Å². The third-order valence-corrected chi connectivity index (χ3v) is 3.37. The summed E-state index contributed by atoms with van der Waals surface area (Å²) in [5.41, 5.74) is 3.29. The molecule has 132 valence electrons. The summed E-state index contributed by atoms with van der Waals surface area (Å²) in [5.74, 6) is 1.46. The molecule has 0 aliphatic rings. The van der Waals surface area contributed by atoms with Crippen molar-refractivity contribution in [2.75, 3.05) is 20.8 Å². The molecule has 0 saturated heterocycles. The lowest BCUT2D eigenvalue weighted by Crippen LogP contribution is -2.25. The van der Waals surface area contributed by atoms with Crippen LogP contribution in [0.5, 0.6) is 23.0 Å². The predicted molar refractivity (Wildman–Crippen MR) is 93.5 cm³/mol. The summed E-state index contributed by atoms with van der Waals surface area (Å²) < 4.78 is 15.5. The van der Waals surface area contributed by atoms with Crippen LogP contribution in [0.4, 0.5) is 0 Å². The minimum Gasteiger partial charge on any atom is -0.507 e. The fraction of sp³-hybridized carbons (Fsp3) is 0.222. The van der Waals surface area contributed by atoms with Crippen LogP contribution in [0, 0.1) is 0 Å². The van der Waals surface area contributed by atoms with Gasteiger partial charge in [-0.25, -0.2) is 5.43 Å². The highest BCUT2D eigenvalue weighted by Gasteiger charge is 2.08. The summed E-state index contributed by atoms with van der Waals surface area (Å²) in [7, 11) is 3.10. The van der Waals surface area contributed by atoms with Gasteiger partial charge in [0.15, 0.2) is 6.61 Å². The lowest BCUT2D eigenvalue weighted by atomic mass is 10.1. The molecule has 0 bridgehead atoms. The Balaban J connectivity index is 1.92. The fourth-order valence-corrected chi connectivity index (χ4v) is 1.99. The zero-order valence-corrected chi connectivity index (χ0v) is 14.3. The number of phenolic OH excluding ortho intramolecular Hbond substituents is 1. The number of methoxy groups -OCH3 is 2. The van der Waals surface area contributed by atoms with Crippen LogP contribution in [-0.4, -0.2) is 37.6 Å². The Morgan fingerprint density at radius 2 is 1.64 bits per heavy atom. The summed E-state index contributed by atoms with van der Waals surface area (Å²) in [6.07, 6.45) is 0. The number of carbonyl (C=O) groups is 1. The highest BCUT2D eigenvalue weighted by molar-refractivity contribution is 6.01. The lowest BCUT2D eigenvalue weighted by molar-refractivity contribution is -0.123. The molecule has 0 fully saturated rings. The van der Waals surface area contributed by atoms with Crippen LogP contribution in [0.1, 0.15) is 12.5 Å². The molecule has 0 aliphatic heterocycles. The van der Waals surface area contributed by atoms with Crippen LogP contribution in [0.3, 0.4) is 0 Å². The molecular formula is C18H20N2O5. The van der Waals surface area contributed by atoms with Gasteiger partial charge >= 0.3 is 0 Å². The number of carbonyl (C=O) groups excluding carboxylic acids is 1. The van der Waals surface area contributed by atoms with Crippen molar-refractivity contribution in [1.82, 2.24) is 5.43 Å². The van der Waals surface area contributed by atoms with Crippen molar-refractivity contribution in [3.8, 4) is 23.0 Å². The van der Waals surface area contributed by atoms with E-state index in [-0.39, 0.29) is 12.4 Å². The first kappa shape index (κ1) is 18.1. The van der Waals surface area contributed by atoms with E-state index in [2.05, 4.69) is 10.5 Å². The molecule has 7 nitrogen and oxygen atoms in total. The van der Waals surface area contributed by atoms with Gasteiger partial charge in [0.05, 0.1) is 19.9 Å². The van der Waals surface area contributed by atoms with Gasteiger partial charge in [-0.1, -0.05) is 0 Å². The molecule has 1 amide bonds.